The molecule has 4 rings (SSSR count). The molecule has 0 bridgehead atoms. The van der Waals surface area contributed by atoms with Gasteiger partial charge in [-0.2, -0.15) is 13.2 Å². The van der Waals surface area contributed by atoms with E-state index < -0.39 is 29.7 Å². The Labute approximate surface area is 194 Å². The van der Waals surface area contributed by atoms with Crippen LogP contribution in [-0.4, -0.2) is 35.7 Å². The second kappa shape index (κ2) is 9.82. The first-order valence-corrected chi connectivity index (χ1v) is 10.7. The third-order valence-electron chi connectivity index (χ3n) is 5.71. The number of aromatic nitrogens is 1. The van der Waals surface area contributed by atoms with Crippen LogP contribution >= 0.6 is 0 Å². The first-order chi connectivity index (χ1) is 16.3. The van der Waals surface area contributed by atoms with Crippen LogP contribution in [0.3, 0.4) is 0 Å². The monoisotopic (exact) mass is 472 g/mol. The lowest BCUT2D eigenvalue weighted by Gasteiger charge is -2.36. The highest BCUT2D eigenvalue weighted by Crippen LogP contribution is 2.37. The van der Waals surface area contributed by atoms with Gasteiger partial charge in [-0.3, -0.25) is 4.98 Å². The largest absolute Gasteiger partial charge is 0.465 e. The van der Waals surface area contributed by atoms with E-state index in [9.17, 15) is 23.1 Å². The smallest absolute Gasteiger partial charge is 0.416 e. The Morgan fingerprint density at radius 2 is 1.62 bits per heavy atom. The van der Waals surface area contributed by atoms with Crippen molar-refractivity contribution in [3.8, 4) is 0 Å². The number of nitrogens with one attached hydrogen (secondary N) is 1. The summed E-state index contributed by atoms with van der Waals surface area (Å²) in [6, 6.07) is 17.1. The molecule has 2 heterocycles. The van der Waals surface area contributed by atoms with Gasteiger partial charge in [0.15, 0.2) is 6.29 Å². The number of alkyl halides is 3. The summed E-state index contributed by atoms with van der Waals surface area (Å²) in [5.74, 6) is 0. The minimum Gasteiger partial charge on any atom is -0.465 e. The molecular formula is C25H23F3N2O4. The molecule has 1 aliphatic rings. The van der Waals surface area contributed by atoms with E-state index in [0.717, 1.165) is 17.7 Å². The maximum atomic E-state index is 13.2. The molecule has 9 heteroatoms. The van der Waals surface area contributed by atoms with Crippen LogP contribution in [0.5, 0.6) is 0 Å². The zero-order valence-electron chi connectivity index (χ0n) is 18.1. The summed E-state index contributed by atoms with van der Waals surface area (Å²) >= 11 is 0. The van der Waals surface area contributed by atoms with Crippen LogP contribution < -0.4 is 5.32 Å². The zero-order valence-corrected chi connectivity index (χ0v) is 18.1. The molecule has 1 aliphatic heterocycles. The molecule has 1 unspecified atom stereocenters. The molecule has 6 nitrogen and oxygen atoms in total. The molecule has 1 amide bonds. The van der Waals surface area contributed by atoms with Gasteiger partial charge in [0.05, 0.1) is 24.5 Å². The molecule has 1 saturated heterocycles. The molecule has 2 aromatic carbocycles. The highest BCUT2D eigenvalue weighted by atomic mass is 19.4. The fourth-order valence-electron chi connectivity index (χ4n) is 4.22. The number of nitrogens with zero attached hydrogens (tertiary/aromatic N) is 1. The average molecular weight is 472 g/mol. The van der Waals surface area contributed by atoms with Gasteiger partial charge >= 0.3 is 12.3 Å². The average Bonchev–Trinajstić information content (AvgIpc) is 3.32. The van der Waals surface area contributed by atoms with Crippen LogP contribution in [0.1, 0.15) is 27.9 Å². The lowest BCUT2D eigenvalue weighted by molar-refractivity contribution is -0.137. The van der Waals surface area contributed by atoms with Crippen molar-refractivity contribution < 1.29 is 32.5 Å². The fraction of sp³-hybridized carbons (Fsp3) is 0.280. The van der Waals surface area contributed by atoms with Gasteiger partial charge in [-0.25, -0.2) is 4.79 Å². The predicted molar refractivity (Wildman–Crippen MR) is 117 cm³/mol. The van der Waals surface area contributed by atoms with Crippen molar-refractivity contribution in [2.75, 3.05) is 13.2 Å². The number of hydrogen-bond acceptors (Lipinski definition) is 4. The van der Waals surface area contributed by atoms with Gasteiger partial charge in [0.1, 0.15) is 5.54 Å². The summed E-state index contributed by atoms with van der Waals surface area (Å²) in [4.78, 5) is 16.6. The molecule has 0 radical (unpaired) electrons. The van der Waals surface area contributed by atoms with Gasteiger partial charge in [0, 0.05) is 19.0 Å². The van der Waals surface area contributed by atoms with Crippen LogP contribution in [0.4, 0.5) is 18.0 Å². The third-order valence-corrected chi connectivity index (χ3v) is 5.71. The summed E-state index contributed by atoms with van der Waals surface area (Å²) in [5.41, 5.74) is -0.138. The third kappa shape index (κ3) is 5.21. The van der Waals surface area contributed by atoms with Gasteiger partial charge in [-0.15, -0.1) is 0 Å². The molecule has 0 spiro atoms. The SMILES string of the molecule is O=C(O)NC(Cc1ccccc1)(c1ccc(C(F)(F)F)cc1)c1ncccc1CC1OCCO1. The van der Waals surface area contributed by atoms with E-state index in [-0.39, 0.29) is 6.42 Å². The zero-order chi connectivity index (χ0) is 24.2. The van der Waals surface area contributed by atoms with E-state index in [1.165, 1.54) is 18.3 Å². The minimum absolute atomic E-state index is 0.127. The highest BCUT2D eigenvalue weighted by Gasteiger charge is 2.41. The Hall–Kier alpha value is -3.43. The lowest BCUT2D eigenvalue weighted by atomic mass is 9.78. The Balaban J connectivity index is 1.89. The van der Waals surface area contributed by atoms with Gasteiger partial charge in [-0.1, -0.05) is 48.5 Å². The predicted octanol–water partition coefficient (Wildman–Crippen LogP) is 4.77. The first kappa shape index (κ1) is 23.7. The lowest BCUT2D eigenvalue weighted by Crippen LogP contribution is -2.49. The summed E-state index contributed by atoms with van der Waals surface area (Å²) < 4.78 is 50.9. The van der Waals surface area contributed by atoms with Crippen LogP contribution in [0.25, 0.3) is 0 Å². The van der Waals surface area contributed by atoms with Gasteiger partial charge in [-0.05, 0) is 34.9 Å². The molecule has 0 saturated carbocycles. The quantitative estimate of drug-likeness (QED) is 0.518. The van der Waals surface area contributed by atoms with Crippen LogP contribution in [-0.2, 0) is 34.0 Å². The molecule has 1 fully saturated rings. The number of carboxylic acid groups (broad SMARTS) is 1. The summed E-state index contributed by atoms with van der Waals surface area (Å²) in [6.45, 7) is 0.892. The number of amides is 1. The Morgan fingerprint density at radius 1 is 0.971 bits per heavy atom. The number of rotatable bonds is 7. The van der Waals surface area contributed by atoms with Crippen molar-refractivity contribution in [1.29, 1.82) is 0 Å². The number of carbonyl (C=O) groups is 1. The van der Waals surface area contributed by atoms with E-state index in [4.69, 9.17) is 9.47 Å². The Morgan fingerprint density at radius 3 is 2.24 bits per heavy atom. The topological polar surface area (TPSA) is 80.7 Å². The Bertz CT molecular complexity index is 1120. The molecule has 0 aliphatic carbocycles. The maximum Gasteiger partial charge on any atom is 0.416 e. The molecular weight excluding hydrogens is 449 g/mol. The van der Waals surface area contributed by atoms with Gasteiger partial charge < -0.3 is 19.9 Å². The first-order valence-electron chi connectivity index (χ1n) is 10.7. The second-order valence-electron chi connectivity index (χ2n) is 7.96. The van der Waals surface area contributed by atoms with Crippen molar-refractivity contribution in [3.05, 3.63) is 101 Å². The van der Waals surface area contributed by atoms with E-state index in [2.05, 4.69) is 10.3 Å². The van der Waals surface area contributed by atoms with Crippen molar-refractivity contribution in [2.45, 2.75) is 30.8 Å². The van der Waals surface area contributed by atoms with E-state index in [1.54, 1.807) is 12.1 Å². The fourth-order valence-corrected chi connectivity index (χ4v) is 4.22. The van der Waals surface area contributed by atoms with E-state index in [0.29, 0.717) is 36.5 Å². The molecule has 34 heavy (non-hydrogen) atoms. The molecule has 1 atom stereocenters. The number of benzene rings is 2. The van der Waals surface area contributed by atoms with Crippen molar-refractivity contribution in [3.63, 3.8) is 0 Å². The number of ether oxygens (including phenoxy) is 2. The number of pyridine rings is 1. The van der Waals surface area contributed by atoms with E-state index in [1.807, 2.05) is 30.3 Å². The maximum absolute atomic E-state index is 13.2. The Kier molecular flexibility index (Phi) is 6.85. The van der Waals surface area contributed by atoms with Crippen LogP contribution in [0, 0.1) is 0 Å². The summed E-state index contributed by atoms with van der Waals surface area (Å²) in [5, 5.41) is 12.4. The van der Waals surface area contributed by atoms with Crippen molar-refractivity contribution in [1.82, 2.24) is 10.3 Å². The van der Waals surface area contributed by atoms with E-state index >= 15 is 0 Å². The normalized spacial score (nSPS) is 16.2. The van der Waals surface area contributed by atoms with Crippen molar-refractivity contribution >= 4 is 6.09 Å². The van der Waals surface area contributed by atoms with Crippen molar-refractivity contribution in [2.24, 2.45) is 0 Å². The standard InChI is InChI=1S/C25H23F3N2O4/c26-25(27,28)20-10-8-19(9-11-20)24(30-23(31)32,16-17-5-2-1-3-6-17)22-18(7-4-12-29-22)15-21-33-13-14-34-21/h1-12,21,30H,13-16H2,(H,31,32). The van der Waals surface area contributed by atoms with Crippen LogP contribution in [0.15, 0.2) is 72.9 Å². The second-order valence-corrected chi connectivity index (χ2v) is 7.96. The molecule has 1 aromatic heterocycles. The summed E-state index contributed by atoms with van der Waals surface area (Å²) in [7, 11) is 0. The van der Waals surface area contributed by atoms with Gasteiger partial charge in [0.2, 0.25) is 0 Å². The molecule has 178 valence electrons. The minimum atomic E-state index is -4.52. The number of hydrogen-bond donors (Lipinski definition) is 2. The number of halogens is 3. The molecule has 2 N–H and O–H groups in total. The molecule has 3 aromatic rings. The van der Waals surface area contributed by atoms with Crippen LogP contribution in [0.2, 0.25) is 0 Å². The summed E-state index contributed by atoms with van der Waals surface area (Å²) in [6.07, 6.45) is -4.41. The van der Waals surface area contributed by atoms with Gasteiger partial charge in [0.25, 0.3) is 0 Å². The highest BCUT2D eigenvalue weighted by molar-refractivity contribution is 5.68.